The second kappa shape index (κ2) is 23.0. The second-order valence-corrected chi connectivity index (χ2v) is 16.2. The molecule has 334 valence electrons. The first-order valence-electron chi connectivity index (χ1n) is 19.9. The molecule has 15 nitrogen and oxygen atoms in total. The van der Waals surface area contributed by atoms with E-state index in [1.54, 1.807) is 59.0 Å². The van der Waals surface area contributed by atoms with Crippen LogP contribution in [0.1, 0.15) is 38.8 Å². The summed E-state index contributed by atoms with van der Waals surface area (Å²) in [6.45, 7) is 6.39. The SMILES string of the molecule is CC(=O)N1CC[NH+](CCOc2ccc(CC(=O)c3cccc(F)c3)cc2-c2ccnn2C)CC1.Cn1nccc1-c1cc(CC(=O)c2cccc(F)c2)ccc1I=O.O=C([O-])C(=O)O. The monoisotopic (exact) mass is 990 g/mol. The lowest BCUT2D eigenvalue weighted by molar-refractivity contribution is -0.904. The second-order valence-electron chi connectivity index (χ2n) is 14.6. The van der Waals surface area contributed by atoms with Crippen LogP contribution >= 0.6 is 21.2 Å². The number of aliphatic carboxylic acids is 2. The predicted octanol–water partition coefficient (Wildman–Crippen LogP) is 3.74. The lowest BCUT2D eigenvalue weighted by Crippen LogP contribution is -3.15. The number of carboxylic acid groups (broad SMARTS) is 2. The number of hydrogen-bond donors (Lipinski definition) is 2. The molecule has 0 radical (unpaired) electrons. The molecule has 0 atom stereocenters. The molecule has 0 bridgehead atoms. The summed E-state index contributed by atoms with van der Waals surface area (Å²) in [5.41, 5.74) is 5.74. The molecule has 3 heterocycles. The van der Waals surface area contributed by atoms with Crippen molar-refractivity contribution in [1.82, 2.24) is 24.5 Å². The molecule has 0 saturated carbocycles. The minimum Gasteiger partial charge on any atom is -0.539 e. The van der Waals surface area contributed by atoms with Crippen LogP contribution in [0, 0.1) is 15.2 Å². The summed E-state index contributed by atoms with van der Waals surface area (Å²) < 4.78 is 48.7. The molecule has 1 amide bonds. The van der Waals surface area contributed by atoms with Gasteiger partial charge in [0.1, 0.15) is 30.5 Å². The zero-order valence-electron chi connectivity index (χ0n) is 35.1. The molecule has 64 heavy (non-hydrogen) atoms. The maximum atomic E-state index is 13.5. The van der Waals surface area contributed by atoms with Crippen LogP contribution in [0.5, 0.6) is 5.75 Å². The van der Waals surface area contributed by atoms with Gasteiger partial charge in [0.15, 0.2) is 38.7 Å². The highest BCUT2D eigenvalue weighted by atomic mass is 127. The van der Waals surface area contributed by atoms with Gasteiger partial charge in [-0.15, -0.1) is 0 Å². The van der Waals surface area contributed by atoms with Crippen LogP contribution in [-0.2, 0) is 44.4 Å². The van der Waals surface area contributed by atoms with Gasteiger partial charge in [-0.2, -0.15) is 10.2 Å². The smallest absolute Gasteiger partial charge is 0.351 e. The number of aromatic nitrogens is 4. The van der Waals surface area contributed by atoms with E-state index in [9.17, 15) is 26.2 Å². The van der Waals surface area contributed by atoms with Gasteiger partial charge >= 0.3 is 5.97 Å². The molecule has 18 heteroatoms. The van der Waals surface area contributed by atoms with Gasteiger partial charge in [0.25, 0.3) is 0 Å². The molecule has 0 unspecified atom stereocenters. The van der Waals surface area contributed by atoms with Crippen molar-refractivity contribution in [2.24, 2.45) is 14.1 Å². The lowest BCUT2D eigenvalue weighted by Gasteiger charge is -2.31. The maximum Gasteiger partial charge on any atom is 0.351 e. The van der Waals surface area contributed by atoms with Gasteiger partial charge in [-0.3, -0.25) is 26.8 Å². The average molecular weight is 991 g/mol. The van der Waals surface area contributed by atoms with Gasteiger partial charge in [-0.05, 0) is 71.8 Å². The van der Waals surface area contributed by atoms with Crippen LogP contribution in [0.4, 0.5) is 8.78 Å². The molecule has 1 saturated heterocycles. The number of quaternary nitrogens is 1. The fourth-order valence-corrected chi connectivity index (χ4v) is 7.82. The Bertz CT molecular complexity index is 2630. The van der Waals surface area contributed by atoms with Crippen molar-refractivity contribution in [1.29, 1.82) is 0 Å². The summed E-state index contributed by atoms with van der Waals surface area (Å²) in [4.78, 5) is 57.9. The third kappa shape index (κ3) is 13.6. The molecular weight excluding hydrogens is 945 g/mol. The quantitative estimate of drug-likeness (QED) is 0.0972. The molecule has 0 aliphatic carbocycles. The third-order valence-electron chi connectivity index (χ3n) is 10.2. The molecule has 1 fully saturated rings. The highest BCUT2D eigenvalue weighted by Gasteiger charge is 2.22. The molecule has 2 aromatic heterocycles. The number of nitrogens with zero attached hydrogens (tertiary/aromatic N) is 5. The van der Waals surface area contributed by atoms with Crippen molar-refractivity contribution in [3.05, 3.63) is 147 Å². The molecule has 1 aliphatic heterocycles. The van der Waals surface area contributed by atoms with Crippen LogP contribution in [-0.4, -0.2) is 98.3 Å². The lowest BCUT2D eigenvalue weighted by atomic mass is 9.99. The molecule has 1 aliphatic rings. The highest BCUT2D eigenvalue weighted by Crippen LogP contribution is 2.32. The summed E-state index contributed by atoms with van der Waals surface area (Å²) in [5.74, 6) is -4.30. The summed E-state index contributed by atoms with van der Waals surface area (Å²) in [6.07, 6.45) is 3.72. The van der Waals surface area contributed by atoms with Crippen molar-refractivity contribution in [3.63, 3.8) is 0 Å². The van der Waals surface area contributed by atoms with E-state index in [1.807, 2.05) is 55.4 Å². The molecule has 6 aromatic rings. The van der Waals surface area contributed by atoms with Crippen LogP contribution in [0.2, 0.25) is 0 Å². The third-order valence-corrected chi connectivity index (χ3v) is 11.6. The fraction of sp³-hybridized carbons (Fsp3) is 0.239. The molecule has 4 aromatic carbocycles. The van der Waals surface area contributed by atoms with Gasteiger partial charge in [-0.1, -0.05) is 36.4 Å². The number of carbonyl (C=O) groups excluding carboxylic acids is 4. The predicted molar refractivity (Wildman–Crippen MR) is 236 cm³/mol. The van der Waals surface area contributed by atoms with E-state index < -0.39 is 44.8 Å². The number of aryl methyl sites for hydroxylation is 2. The van der Waals surface area contributed by atoms with Crippen molar-refractivity contribution in [2.75, 3.05) is 39.3 Å². The maximum absolute atomic E-state index is 13.5. The summed E-state index contributed by atoms with van der Waals surface area (Å²) in [6, 6.07) is 26.4. The van der Waals surface area contributed by atoms with E-state index in [0.29, 0.717) is 17.7 Å². The van der Waals surface area contributed by atoms with Crippen LogP contribution < -0.4 is 14.7 Å². The van der Waals surface area contributed by atoms with Gasteiger partial charge in [0.2, 0.25) is 5.91 Å². The van der Waals surface area contributed by atoms with E-state index in [4.69, 9.17) is 24.5 Å². The summed E-state index contributed by atoms with van der Waals surface area (Å²) in [5, 5.41) is 24.7. The normalized spacial score (nSPS) is 12.3. The first-order chi connectivity index (χ1) is 30.6. The number of ketones is 2. The first kappa shape index (κ1) is 48.2. The van der Waals surface area contributed by atoms with E-state index in [2.05, 4.69) is 10.2 Å². The van der Waals surface area contributed by atoms with Gasteiger partial charge in [0, 0.05) is 68.5 Å². The Balaban J connectivity index is 0.000000223. The van der Waals surface area contributed by atoms with E-state index >= 15 is 0 Å². The highest BCUT2D eigenvalue weighted by molar-refractivity contribution is 14.1. The molecule has 2 N–H and O–H groups in total. The van der Waals surface area contributed by atoms with E-state index in [-0.39, 0.29) is 30.3 Å². The first-order valence-corrected chi connectivity index (χ1v) is 21.8. The fourth-order valence-electron chi connectivity index (χ4n) is 6.83. The van der Waals surface area contributed by atoms with Crippen LogP contribution in [0.25, 0.3) is 22.5 Å². The standard InChI is InChI=1S/C26H29FN4O3.C18H14FIN2O2.C2H2O4/c1-19(32)31-12-10-30(11-13-31)14-15-34-26-7-6-20(16-23(26)24-8-9-28-29(24)2)17-25(33)21-4-3-5-22(27)18-21;1-22-17(7-8-21-22)15-9-12(5-6-16(15)20-24)10-18(23)13-3-2-4-14(19)11-13;3-1(4)2(5)6/h3-9,16,18H,10-15,17H2,1-2H3;2-9,11H,10H2,1H3;(H,3,4)(H,5,6). The minimum atomic E-state index is -2.07. The number of carbonyl (C=O) groups is 5. The number of nitrogens with one attached hydrogen (secondary N) is 1. The van der Waals surface area contributed by atoms with Crippen LogP contribution in [0.15, 0.2) is 109 Å². The number of Topliss-reactive ketones (excluding diaryl/α,β-unsaturated/α-hetero) is 2. The van der Waals surface area contributed by atoms with E-state index in [1.165, 1.54) is 35.2 Å². The number of piperazine rings is 1. The summed E-state index contributed by atoms with van der Waals surface area (Å²) >= 11 is -1.34. The largest absolute Gasteiger partial charge is 0.539 e. The van der Waals surface area contributed by atoms with Gasteiger partial charge in [0.05, 0.1) is 41.1 Å². The number of halogens is 3. The van der Waals surface area contributed by atoms with Gasteiger partial charge in [-0.25, -0.2) is 13.6 Å². The van der Waals surface area contributed by atoms with Crippen molar-refractivity contribution in [2.45, 2.75) is 19.8 Å². The van der Waals surface area contributed by atoms with Crippen molar-refractivity contribution in [3.8, 4) is 28.3 Å². The number of amides is 1. The number of rotatable bonds is 13. The number of ether oxygens (including phenoxy) is 1. The topological polar surface area (TPSA) is 198 Å². The molecular formula is C46H45F2IN6O9. The zero-order chi connectivity index (χ0) is 46.3. The van der Waals surface area contributed by atoms with Gasteiger partial charge < -0.3 is 29.5 Å². The minimum absolute atomic E-state index is 0.132. The Morgan fingerprint density at radius 3 is 1.70 bits per heavy atom. The number of hydrogen-bond acceptors (Lipinski definition) is 10. The Hall–Kier alpha value is -6.80. The average Bonchev–Trinajstić information content (AvgIpc) is 3.91. The zero-order valence-corrected chi connectivity index (χ0v) is 37.3. The number of benzene rings is 4. The Kier molecular flexibility index (Phi) is 17.4. The molecule has 7 rings (SSSR count). The Labute approximate surface area is 377 Å². The van der Waals surface area contributed by atoms with Crippen LogP contribution in [0.3, 0.4) is 0 Å². The summed E-state index contributed by atoms with van der Waals surface area (Å²) in [7, 11) is 3.68. The Morgan fingerprint density at radius 1 is 0.750 bits per heavy atom. The number of carboxylic acids is 2. The van der Waals surface area contributed by atoms with E-state index in [0.717, 1.165) is 75.7 Å². The van der Waals surface area contributed by atoms with Crippen molar-refractivity contribution >= 4 is 50.6 Å². The Morgan fingerprint density at radius 2 is 1.25 bits per heavy atom. The van der Waals surface area contributed by atoms with Crippen molar-refractivity contribution < 1.29 is 55.7 Å². The molecule has 0 spiro atoms.